The Balaban J connectivity index is 2.66. The van der Waals surface area contributed by atoms with Crippen molar-refractivity contribution < 1.29 is 0 Å². The number of hydrogen-bond donors (Lipinski definition) is 2. The maximum Gasteiger partial charge on any atom is 0.0883 e. The van der Waals surface area contributed by atoms with Crippen molar-refractivity contribution in [3.8, 4) is 0 Å². The number of nitrogens with one attached hydrogen (secondary N) is 1. The molecule has 1 heterocycles. The van der Waals surface area contributed by atoms with Gasteiger partial charge in [0.05, 0.1) is 17.3 Å². The molecule has 1 atom stereocenters. The molecule has 1 unspecified atom stereocenters. The first-order valence-electron chi connectivity index (χ1n) is 4.62. The summed E-state index contributed by atoms with van der Waals surface area (Å²) in [5, 5.41) is 5.59. The van der Waals surface area contributed by atoms with Gasteiger partial charge in [-0.1, -0.05) is 18.2 Å². The zero-order chi connectivity index (χ0) is 10.1. The molecule has 2 rings (SSSR count). The van der Waals surface area contributed by atoms with Gasteiger partial charge in [-0.25, -0.2) is 0 Å². The number of aromatic nitrogens is 2. The third-order valence-electron chi connectivity index (χ3n) is 2.45. The van der Waals surface area contributed by atoms with E-state index >= 15 is 0 Å². The highest BCUT2D eigenvalue weighted by molar-refractivity contribution is 5.82. The van der Waals surface area contributed by atoms with Crippen molar-refractivity contribution >= 4 is 10.9 Å². The van der Waals surface area contributed by atoms with Gasteiger partial charge in [0.1, 0.15) is 0 Å². The number of hydrazine groups is 1. The van der Waals surface area contributed by atoms with E-state index in [0.717, 1.165) is 16.6 Å². The molecule has 3 N–H and O–H groups in total. The third kappa shape index (κ3) is 1.29. The molecule has 4 nitrogen and oxygen atoms in total. The first-order valence-corrected chi connectivity index (χ1v) is 4.62. The van der Waals surface area contributed by atoms with Crippen LogP contribution < -0.4 is 11.3 Å². The summed E-state index contributed by atoms with van der Waals surface area (Å²) in [6.45, 7) is 1.99. The van der Waals surface area contributed by atoms with Crippen LogP contribution in [-0.2, 0) is 7.05 Å². The Hall–Kier alpha value is -1.39. The number of hydrogen-bond acceptors (Lipinski definition) is 3. The highest BCUT2D eigenvalue weighted by atomic mass is 15.3. The van der Waals surface area contributed by atoms with Crippen LogP contribution in [0, 0.1) is 0 Å². The molecule has 0 amide bonds. The fourth-order valence-corrected chi connectivity index (χ4v) is 1.64. The van der Waals surface area contributed by atoms with Gasteiger partial charge >= 0.3 is 0 Å². The van der Waals surface area contributed by atoms with Gasteiger partial charge in [0.25, 0.3) is 0 Å². The SMILES string of the molecule is CC(NN)c1nn(C)c2ccccc12. The first-order chi connectivity index (χ1) is 6.74. The van der Waals surface area contributed by atoms with Gasteiger partial charge in [0, 0.05) is 12.4 Å². The lowest BCUT2D eigenvalue weighted by atomic mass is 10.1. The van der Waals surface area contributed by atoms with Crippen LogP contribution >= 0.6 is 0 Å². The summed E-state index contributed by atoms with van der Waals surface area (Å²) in [7, 11) is 1.94. The number of rotatable bonds is 2. The molecule has 0 spiro atoms. The summed E-state index contributed by atoms with van der Waals surface area (Å²) in [4.78, 5) is 0. The molecule has 14 heavy (non-hydrogen) atoms. The van der Waals surface area contributed by atoms with Gasteiger partial charge in [-0.15, -0.1) is 0 Å². The second kappa shape index (κ2) is 3.40. The molecular formula is C10H14N4. The standard InChI is InChI=1S/C10H14N4/c1-7(12-11)10-8-5-3-4-6-9(8)14(2)13-10/h3-7,12H,11H2,1-2H3. The third-order valence-corrected chi connectivity index (χ3v) is 2.45. The summed E-state index contributed by atoms with van der Waals surface area (Å²) >= 11 is 0. The van der Waals surface area contributed by atoms with Crippen LogP contribution in [-0.4, -0.2) is 9.78 Å². The Labute approximate surface area is 82.7 Å². The number of para-hydroxylation sites is 1. The smallest absolute Gasteiger partial charge is 0.0883 e. The monoisotopic (exact) mass is 190 g/mol. The molecule has 0 fully saturated rings. The average molecular weight is 190 g/mol. The van der Waals surface area contributed by atoms with E-state index in [-0.39, 0.29) is 6.04 Å². The number of aryl methyl sites for hydroxylation is 1. The Morgan fingerprint density at radius 1 is 1.43 bits per heavy atom. The fourth-order valence-electron chi connectivity index (χ4n) is 1.64. The van der Waals surface area contributed by atoms with E-state index in [4.69, 9.17) is 5.84 Å². The largest absolute Gasteiger partial charge is 0.271 e. The summed E-state index contributed by atoms with van der Waals surface area (Å²) in [5.41, 5.74) is 4.83. The number of benzene rings is 1. The van der Waals surface area contributed by atoms with E-state index < -0.39 is 0 Å². The molecule has 0 radical (unpaired) electrons. The van der Waals surface area contributed by atoms with E-state index in [9.17, 15) is 0 Å². The van der Waals surface area contributed by atoms with Crippen LogP contribution in [0.1, 0.15) is 18.7 Å². The molecule has 1 aromatic carbocycles. The van der Waals surface area contributed by atoms with Crippen molar-refractivity contribution in [2.75, 3.05) is 0 Å². The van der Waals surface area contributed by atoms with Crippen molar-refractivity contribution in [2.45, 2.75) is 13.0 Å². The quantitative estimate of drug-likeness (QED) is 0.550. The Morgan fingerprint density at radius 2 is 2.14 bits per heavy atom. The minimum atomic E-state index is 0.0705. The molecule has 1 aromatic heterocycles. The van der Waals surface area contributed by atoms with Gasteiger partial charge in [-0.3, -0.25) is 16.0 Å². The summed E-state index contributed by atoms with van der Waals surface area (Å²) < 4.78 is 1.87. The molecule has 0 saturated carbocycles. The Kier molecular flexibility index (Phi) is 2.23. The van der Waals surface area contributed by atoms with Gasteiger partial charge in [-0.2, -0.15) is 5.10 Å². The normalized spacial score (nSPS) is 13.4. The van der Waals surface area contributed by atoms with Crippen molar-refractivity contribution in [3.05, 3.63) is 30.0 Å². The minimum Gasteiger partial charge on any atom is -0.271 e. The van der Waals surface area contributed by atoms with E-state index in [1.54, 1.807) is 0 Å². The predicted molar refractivity (Wildman–Crippen MR) is 56.5 cm³/mol. The topological polar surface area (TPSA) is 55.9 Å². The van der Waals surface area contributed by atoms with Crippen LogP contribution in [0.25, 0.3) is 10.9 Å². The van der Waals surface area contributed by atoms with Crippen LogP contribution in [0.3, 0.4) is 0 Å². The van der Waals surface area contributed by atoms with Crippen molar-refractivity contribution in [1.29, 1.82) is 0 Å². The summed E-state index contributed by atoms with van der Waals surface area (Å²) in [5.74, 6) is 5.41. The zero-order valence-electron chi connectivity index (χ0n) is 8.36. The fraction of sp³-hybridized carbons (Fsp3) is 0.300. The molecule has 0 aliphatic rings. The number of nitrogens with zero attached hydrogens (tertiary/aromatic N) is 2. The van der Waals surface area contributed by atoms with Gasteiger partial charge in [0.2, 0.25) is 0 Å². The van der Waals surface area contributed by atoms with E-state index in [1.807, 2.05) is 30.8 Å². The second-order valence-electron chi connectivity index (χ2n) is 3.41. The van der Waals surface area contributed by atoms with E-state index in [1.165, 1.54) is 0 Å². The van der Waals surface area contributed by atoms with Gasteiger partial charge < -0.3 is 0 Å². The van der Waals surface area contributed by atoms with Crippen molar-refractivity contribution in [1.82, 2.24) is 15.2 Å². The predicted octanol–water partition coefficient (Wildman–Crippen LogP) is 1.10. The van der Waals surface area contributed by atoms with E-state index in [0.29, 0.717) is 0 Å². The van der Waals surface area contributed by atoms with Crippen LogP contribution in [0.15, 0.2) is 24.3 Å². The lowest BCUT2D eigenvalue weighted by molar-refractivity contribution is 0.577. The van der Waals surface area contributed by atoms with E-state index in [2.05, 4.69) is 22.7 Å². The molecule has 0 aliphatic carbocycles. The second-order valence-corrected chi connectivity index (χ2v) is 3.41. The molecule has 0 aliphatic heterocycles. The van der Waals surface area contributed by atoms with Crippen LogP contribution in [0.5, 0.6) is 0 Å². The van der Waals surface area contributed by atoms with Gasteiger partial charge in [-0.05, 0) is 13.0 Å². The van der Waals surface area contributed by atoms with Crippen LogP contribution in [0.4, 0.5) is 0 Å². The Bertz CT molecular complexity index is 446. The van der Waals surface area contributed by atoms with Crippen LogP contribution in [0.2, 0.25) is 0 Å². The minimum absolute atomic E-state index is 0.0705. The first kappa shape index (κ1) is 9.18. The molecule has 4 heteroatoms. The molecule has 0 saturated heterocycles. The maximum atomic E-state index is 5.41. The lowest BCUT2D eigenvalue weighted by Gasteiger charge is -2.05. The molecule has 0 bridgehead atoms. The summed E-state index contributed by atoms with van der Waals surface area (Å²) in [6.07, 6.45) is 0. The molecule has 74 valence electrons. The molecular weight excluding hydrogens is 176 g/mol. The highest BCUT2D eigenvalue weighted by Gasteiger charge is 2.12. The highest BCUT2D eigenvalue weighted by Crippen LogP contribution is 2.21. The summed E-state index contributed by atoms with van der Waals surface area (Å²) in [6, 6.07) is 8.20. The maximum absolute atomic E-state index is 5.41. The van der Waals surface area contributed by atoms with Crippen molar-refractivity contribution in [2.24, 2.45) is 12.9 Å². The molecule has 2 aromatic rings. The number of nitrogens with two attached hydrogens (primary N) is 1. The van der Waals surface area contributed by atoms with Gasteiger partial charge in [0.15, 0.2) is 0 Å². The lowest BCUT2D eigenvalue weighted by Crippen LogP contribution is -2.26. The number of fused-ring (bicyclic) bond motifs is 1. The average Bonchev–Trinajstić information content (AvgIpc) is 2.56. The Morgan fingerprint density at radius 3 is 2.86 bits per heavy atom. The van der Waals surface area contributed by atoms with Crippen molar-refractivity contribution in [3.63, 3.8) is 0 Å². The zero-order valence-corrected chi connectivity index (χ0v) is 8.36.